The lowest BCUT2D eigenvalue weighted by Crippen LogP contribution is -2.41. The van der Waals surface area contributed by atoms with Gasteiger partial charge in [0.05, 0.1) is 33.3 Å². The minimum atomic E-state index is -0.397. The van der Waals surface area contributed by atoms with Crippen LogP contribution in [0, 0.1) is 3.57 Å². The molecule has 0 aliphatic carbocycles. The third-order valence-electron chi connectivity index (χ3n) is 19.0. The number of hydrogen-bond donors (Lipinski definition) is 0. The van der Waals surface area contributed by atoms with Crippen LogP contribution in [0.4, 0.5) is 0 Å². The van der Waals surface area contributed by atoms with Crippen LogP contribution in [0.15, 0.2) is 349 Å². The van der Waals surface area contributed by atoms with Gasteiger partial charge in [-0.1, -0.05) is 256 Å². The summed E-state index contributed by atoms with van der Waals surface area (Å²) >= 11 is 9.18. The first kappa shape index (κ1) is 64.4. The molecule has 1 fully saturated rings. The summed E-state index contributed by atoms with van der Waals surface area (Å²) in [5.41, 5.74) is 24.1. The molecule has 98 heavy (non-hydrogen) atoms. The minimum Gasteiger partial charge on any atom is -0.399 e. The number of benzene rings is 14. The highest BCUT2D eigenvalue weighted by molar-refractivity contribution is 14.1. The molecule has 0 spiro atoms. The van der Waals surface area contributed by atoms with E-state index in [2.05, 4.69) is 419 Å². The average Bonchev–Trinajstić information content (AvgIpc) is 1.60. The zero-order valence-corrected chi connectivity index (χ0v) is 60.1. The second-order valence-corrected chi connectivity index (χ2v) is 29.0. The van der Waals surface area contributed by atoms with Crippen molar-refractivity contribution in [2.45, 2.75) is 38.9 Å². The van der Waals surface area contributed by atoms with Crippen molar-refractivity contribution >= 4 is 111 Å². The number of fused-ring (bicyclic) bond motifs is 6. The van der Waals surface area contributed by atoms with Gasteiger partial charge >= 0.3 is 7.12 Å². The molecular formula is C90H68BBr2IN2O2. The number of hydrogen-bond acceptors (Lipinski definition) is 2. The van der Waals surface area contributed by atoms with Gasteiger partial charge < -0.3 is 18.4 Å². The molecule has 4 nitrogen and oxygen atoms in total. The highest BCUT2D eigenvalue weighted by Crippen LogP contribution is 2.42. The van der Waals surface area contributed by atoms with Crippen molar-refractivity contribution in [2.75, 3.05) is 0 Å². The Hall–Kier alpha value is -9.65. The molecule has 0 amide bonds. The molecule has 16 aromatic rings. The second kappa shape index (κ2) is 27.7. The number of halogens is 3. The van der Waals surface area contributed by atoms with Crippen molar-refractivity contribution in [1.29, 1.82) is 0 Å². The van der Waals surface area contributed by atoms with E-state index in [1.807, 2.05) is 12.1 Å². The highest BCUT2D eigenvalue weighted by Gasteiger charge is 2.51. The van der Waals surface area contributed by atoms with Crippen molar-refractivity contribution in [1.82, 2.24) is 9.13 Å². The van der Waals surface area contributed by atoms with Crippen LogP contribution in [-0.4, -0.2) is 27.5 Å². The van der Waals surface area contributed by atoms with Gasteiger partial charge in [0.25, 0.3) is 0 Å². The summed E-state index contributed by atoms with van der Waals surface area (Å²) in [5, 5.41) is 4.95. The third-order valence-corrected chi connectivity index (χ3v) is 20.8. The first-order valence-electron chi connectivity index (χ1n) is 33.1. The molecule has 0 saturated carbocycles. The molecular weight excluding hydrogens is 1440 g/mol. The van der Waals surface area contributed by atoms with E-state index >= 15 is 0 Å². The van der Waals surface area contributed by atoms with Gasteiger partial charge in [0.1, 0.15) is 0 Å². The Morgan fingerprint density at radius 2 is 0.561 bits per heavy atom. The van der Waals surface area contributed by atoms with Gasteiger partial charge in [-0.05, 0) is 249 Å². The Balaban J connectivity index is 0.000000144. The van der Waals surface area contributed by atoms with Crippen molar-refractivity contribution in [3.63, 3.8) is 0 Å². The van der Waals surface area contributed by atoms with Gasteiger partial charge in [-0.25, -0.2) is 0 Å². The molecule has 3 heterocycles. The van der Waals surface area contributed by atoms with Crippen molar-refractivity contribution in [2.24, 2.45) is 0 Å². The van der Waals surface area contributed by atoms with Crippen molar-refractivity contribution < 1.29 is 9.31 Å². The number of nitrogens with zero attached hydrogens (tertiary/aromatic N) is 2. The Kier molecular flexibility index (Phi) is 18.2. The Morgan fingerprint density at radius 3 is 0.969 bits per heavy atom. The summed E-state index contributed by atoms with van der Waals surface area (Å²) in [6, 6.07) is 122. The fraction of sp³-hybridized carbons (Fsp3) is 0.0667. The van der Waals surface area contributed by atoms with Crippen molar-refractivity contribution in [3.05, 3.63) is 352 Å². The van der Waals surface area contributed by atoms with Crippen LogP contribution in [0.25, 0.3) is 133 Å². The van der Waals surface area contributed by atoms with Crippen LogP contribution in [0.3, 0.4) is 0 Å². The third kappa shape index (κ3) is 13.3. The Morgan fingerprint density at radius 1 is 0.265 bits per heavy atom. The summed E-state index contributed by atoms with van der Waals surface area (Å²) in [7, 11) is -0.397. The lowest BCUT2D eigenvalue weighted by atomic mass is 9.78. The summed E-state index contributed by atoms with van der Waals surface area (Å²) in [6.07, 6.45) is 0. The van der Waals surface area contributed by atoms with Crippen LogP contribution >= 0.6 is 54.5 Å². The lowest BCUT2D eigenvalue weighted by molar-refractivity contribution is 0.00578. The zero-order chi connectivity index (χ0) is 66.9. The maximum absolute atomic E-state index is 6.38. The van der Waals surface area contributed by atoms with Gasteiger partial charge in [0.15, 0.2) is 0 Å². The monoisotopic (exact) mass is 1500 g/mol. The first-order chi connectivity index (χ1) is 47.8. The maximum atomic E-state index is 6.38. The van der Waals surface area contributed by atoms with E-state index in [0.29, 0.717) is 0 Å². The van der Waals surface area contributed by atoms with E-state index in [-0.39, 0.29) is 11.2 Å². The molecule has 14 aromatic carbocycles. The summed E-state index contributed by atoms with van der Waals surface area (Å²) in [5.74, 6) is 0. The quantitative estimate of drug-likeness (QED) is 0.101. The van der Waals surface area contributed by atoms with Crippen LogP contribution in [0.2, 0.25) is 0 Å². The molecule has 0 radical (unpaired) electrons. The smallest absolute Gasteiger partial charge is 0.399 e. The van der Waals surface area contributed by atoms with Gasteiger partial charge in [0, 0.05) is 45.4 Å². The molecule has 17 rings (SSSR count). The molecule has 1 saturated heterocycles. The normalized spacial score (nSPS) is 13.1. The van der Waals surface area contributed by atoms with Crippen molar-refractivity contribution in [3.8, 4) is 89.3 Å². The molecule has 1 aliphatic rings. The predicted molar refractivity (Wildman–Crippen MR) is 430 cm³/mol. The first-order valence-corrected chi connectivity index (χ1v) is 35.8. The van der Waals surface area contributed by atoms with Gasteiger partial charge in [-0.3, -0.25) is 0 Å². The van der Waals surface area contributed by atoms with E-state index in [9.17, 15) is 0 Å². The summed E-state index contributed by atoms with van der Waals surface area (Å²) < 4.78 is 21.1. The molecule has 0 unspecified atom stereocenters. The lowest BCUT2D eigenvalue weighted by Gasteiger charge is -2.32. The summed E-state index contributed by atoms with van der Waals surface area (Å²) in [4.78, 5) is 0. The largest absolute Gasteiger partial charge is 0.494 e. The van der Waals surface area contributed by atoms with E-state index in [1.54, 1.807) is 0 Å². The number of aromatic nitrogens is 2. The molecule has 1 aliphatic heterocycles. The van der Waals surface area contributed by atoms with E-state index in [1.165, 1.54) is 114 Å². The fourth-order valence-electron chi connectivity index (χ4n) is 13.3. The Bertz CT molecular complexity index is 5390. The molecule has 0 bridgehead atoms. The highest BCUT2D eigenvalue weighted by atomic mass is 127. The number of para-hydroxylation sites is 2. The molecule has 2 aromatic heterocycles. The Labute approximate surface area is 604 Å². The second-order valence-electron chi connectivity index (χ2n) is 25.9. The topological polar surface area (TPSA) is 28.3 Å². The minimum absolute atomic E-state index is 0.382. The number of rotatable bonds is 10. The molecule has 0 N–H and O–H groups in total. The average molecular weight is 1510 g/mol. The molecule has 474 valence electrons. The molecule has 0 atom stereocenters. The standard InChI is InChI=1S/C42H36BNO2.C42H28BrN.C6H4BrI/c1-41(2)42(3,4)46-43(45-41)35-19-13-18-31(25-35)32-22-23-40-38(28-32)37-20-11-12-21-39(37)44(40)36-26-33(29-14-7-5-8-15-29)24-34(27-36)30-16-9-6-10-17-30;43-37-21-18-31(19-22-37)32-14-9-15-33(24-32)34-20-23-42-40(28-34)39-16-7-8-17-41(39)44(42)38-26-35(29-10-3-1-4-11-29)25-36(27-38)30-12-5-2-6-13-30;7-5-1-3-6(8)4-2-5/h5-28H,1-4H3;1-28H;1-4H. The van der Waals surface area contributed by atoms with Crippen LogP contribution in [-0.2, 0) is 9.31 Å². The van der Waals surface area contributed by atoms with E-state index < -0.39 is 7.12 Å². The van der Waals surface area contributed by atoms with E-state index in [0.717, 1.165) is 36.9 Å². The zero-order valence-electron chi connectivity index (χ0n) is 54.8. The maximum Gasteiger partial charge on any atom is 0.494 e. The van der Waals surface area contributed by atoms with Crippen LogP contribution in [0.5, 0.6) is 0 Å². The SMILES string of the molecule is Brc1ccc(-c2cccc(-c3ccc4c(c3)c3ccccc3n4-c3cc(-c4ccccc4)cc(-c4ccccc4)c3)c2)cc1.Brc1ccc(I)cc1.CC1(C)OB(c2cccc(-c3ccc4c(c3)c3ccccc3n4-c3cc(-c4ccccc4)cc(-c4ccccc4)c3)c2)OC1(C)C. The van der Waals surface area contributed by atoms with E-state index in [4.69, 9.17) is 9.31 Å². The van der Waals surface area contributed by atoms with Crippen LogP contribution < -0.4 is 5.46 Å². The molecule has 8 heteroatoms. The van der Waals surface area contributed by atoms with Crippen LogP contribution in [0.1, 0.15) is 27.7 Å². The van der Waals surface area contributed by atoms with Gasteiger partial charge in [0.2, 0.25) is 0 Å². The van der Waals surface area contributed by atoms with Gasteiger partial charge in [-0.15, -0.1) is 0 Å². The van der Waals surface area contributed by atoms with Gasteiger partial charge in [-0.2, -0.15) is 0 Å². The predicted octanol–water partition coefficient (Wildman–Crippen LogP) is 25.4. The summed E-state index contributed by atoms with van der Waals surface area (Å²) in [6.45, 7) is 8.38. The fourth-order valence-corrected chi connectivity index (χ4v) is 14.2.